The number of thioether (sulfide) groups is 1. The van der Waals surface area contributed by atoms with Gasteiger partial charge in [-0.05, 0) is 61.9 Å². The molecular formula is C29H37N3O5S. The largest absolute Gasteiger partial charge is 0.493 e. The number of amides is 3. The van der Waals surface area contributed by atoms with E-state index in [4.69, 9.17) is 9.47 Å². The van der Waals surface area contributed by atoms with Crippen molar-refractivity contribution >= 4 is 29.5 Å². The van der Waals surface area contributed by atoms with Crippen LogP contribution in [0.25, 0.3) is 0 Å². The molecular weight excluding hydrogens is 502 g/mol. The molecule has 0 spiro atoms. The van der Waals surface area contributed by atoms with Crippen LogP contribution in [0.15, 0.2) is 42.5 Å². The summed E-state index contributed by atoms with van der Waals surface area (Å²) in [6.07, 6.45) is 1.09. The summed E-state index contributed by atoms with van der Waals surface area (Å²) in [7, 11) is 3.17. The molecule has 2 aromatic rings. The van der Waals surface area contributed by atoms with Crippen LogP contribution in [0.5, 0.6) is 11.5 Å². The van der Waals surface area contributed by atoms with Gasteiger partial charge >= 0.3 is 0 Å². The Morgan fingerprint density at radius 1 is 1.08 bits per heavy atom. The number of hydrogen-bond donors (Lipinski definition) is 2. The normalized spacial score (nSPS) is 20.1. The molecule has 2 aliphatic rings. The highest BCUT2D eigenvalue weighted by Crippen LogP contribution is 2.56. The van der Waals surface area contributed by atoms with Crippen molar-refractivity contribution in [3.63, 3.8) is 0 Å². The van der Waals surface area contributed by atoms with Crippen molar-refractivity contribution in [2.24, 2.45) is 5.92 Å². The maximum atomic E-state index is 13.7. The van der Waals surface area contributed by atoms with Gasteiger partial charge in [0, 0.05) is 16.9 Å². The number of nitrogens with one attached hydrogen (secondary N) is 2. The number of benzene rings is 2. The molecule has 1 fully saturated rings. The van der Waals surface area contributed by atoms with E-state index in [-0.39, 0.29) is 29.0 Å². The van der Waals surface area contributed by atoms with Crippen LogP contribution >= 0.6 is 11.8 Å². The second-order valence-electron chi connectivity index (χ2n) is 10.7. The Labute approximate surface area is 228 Å². The van der Waals surface area contributed by atoms with Gasteiger partial charge in [0.2, 0.25) is 11.8 Å². The number of fused-ring (bicyclic) bond motifs is 3. The van der Waals surface area contributed by atoms with Gasteiger partial charge in [-0.3, -0.25) is 14.4 Å². The summed E-state index contributed by atoms with van der Waals surface area (Å²) in [5, 5.41) is 5.76. The average Bonchev–Trinajstić information content (AvgIpc) is 3.31. The van der Waals surface area contributed by atoms with E-state index in [2.05, 4.69) is 10.6 Å². The molecule has 4 rings (SSSR count). The highest BCUT2D eigenvalue weighted by molar-refractivity contribution is 8.01. The summed E-state index contributed by atoms with van der Waals surface area (Å²) in [4.78, 5) is 41.9. The maximum absolute atomic E-state index is 13.7. The smallest absolute Gasteiger partial charge is 0.256 e. The number of methoxy groups -OCH3 is 2. The van der Waals surface area contributed by atoms with Crippen LogP contribution in [0, 0.1) is 5.92 Å². The third-order valence-corrected chi connectivity index (χ3v) is 8.58. The van der Waals surface area contributed by atoms with Crippen LogP contribution in [0.2, 0.25) is 0 Å². The molecule has 3 amide bonds. The van der Waals surface area contributed by atoms with Crippen molar-refractivity contribution in [3.05, 3.63) is 59.2 Å². The van der Waals surface area contributed by atoms with E-state index in [9.17, 15) is 14.4 Å². The molecule has 0 aliphatic carbocycles. The van der Waals surface area contributed by atoms with E-state index in [0.29, 0.717) is 36.4 Å². The lowest BCUT2D eigenvalue weighted by molar-refractivity contribution is -0.132. The van der Waals surface area contributed by atoms with Crippen molar-refractivity contribution in [3.8, 4) is 11.5 Å². The fourth-order valence-corrected chi connectivity index (χ4v) is 6.84. The van der Waals surface area contributed by atoms with Crippen molar-refractivity contribution in [1.82, 2.24) is 15.5 Å². The lowest BCUT2D eigenvalue weighted by Crippen LogP contribution is -2.57. The zero-order chi connectivity index (χ0) is 27.6. The van der Waals surface area contributed by atoms with Gasteiger partial charge in [0.15, 0.2) is 11.5 Å². The van der Waals surface area contributed by atoms with Crippen molar-refractivity contribution in [2.45, 2.75) is 62.7 Å². The molecule has 9 heteroatoms. The summed E-state index contributed by atoms with van der Waals surface area (Å²) in [5.74, 6) is 0.803. The second kappa shape index (κ2) is 11.3. The zero-order valence-corrected chi connectivity index (χ0v) is 23.7. The molecule has 38 heavy (non-hydrogen) atoms. The summed E-state index contributed by atoms with van der Waals surface area (Å²) in [6.45, 7) is 8.41. The Bertz CT molecular complexity index is 1210. The van der Waals surface area contributed by atoms with Crippen molar-refractivity contribution in [1.29, 1.82) is 0 Å². The lowest BCUT2D eigenvalue weighted by Gasteiger charge is -2.31. The summed E-state index contributed by atoms with van der Waals surface area (Å²) >= 11 is 1.61. The van der Waals surface area contributed by atoms with Crippen LogP contribution in [-0.2, 0) is 16.0 Å². The number of hydrogen-bond acceptors (Lipinski definition) is 6. The third-order valence-electron chi connectivity index (χ3n) is 7.05. The molecule has 0 aromatic heterocycles. The van der Waals surface area contributed by atoms with E-state index < -0.39 is 16.8 Å². The van der Waals surface area contributed by atoms with Crippen molar-refractivity contribution < 1.29 is 23.9 Å². The first-order chi connectivity index (χ1) is 18.1. The first kappa shape index (κ1) is 27.8. The summed E-state index contributed by atoms with van der Waals surface area (Å²) < 4.78 is 10.1. The van der Waals surface area contributed by atoms with Crippen LogP contribution in [0.3, 0.4) is 0 Å². The molecule has 0 unspecified atom stereocenters. The molecule has 204 valence electrons. The van der Waals surface area contributed by atoms with Gasteiger partial charge < -0.3 is 25.0 Å². The Morgan fingerprint density at radius 3 is 2.47 bits per heavy atom. The topological polar surface area (TPSA) is 97.0 Å². The molecule has 0 bridgehead atoms. The molecule has 0 saturated carbocycles. The highest BCUT2D eigenvalue weighted by atomic mass is 32.2. The fourth-order valence-electron chi connectivity index (χ4n) is 5.25. The molecule has 8 nitrogen and oxygen atoms in total. The maximum Gasteiger partial charge on any atom is 0.256 e. The fraction of sp³-hybridized carbons (Fsp3) is 0.483. The monoisotopic (exact) mass is 539 g/mol. The third kappa shape index (κ3) is 5.48. The predicted octanol–water partition coefficient (Wildman–Crippen LogP) is 3.94. The summed E-state index contributed by atoms with van der Waals surface area (Å²) in [6, 6.07) is 11.8. The predicted molar refractivity (Wildman–Crippen MR) is 148 cm³/mol. The lowest BCUT2D eigenvalue weighted by atomic mass is 9.98. The first-order valence-corrected chi connectivity index (χ1v) is 13.8. The highest BCUT2D eigenvalue weighted by Gasteiger charge is 2.57. The van der Waals surface area contributed by atoms with Gasteiger partial charge in [-0.15, -0.1) is 11.8 Å². The van der Waals surface area contributed by atoms with Gasteiger partial charge in [-0.25, -0.2) is 0 Å². The minimum absolute atomic E-state index is 0.136. The van der Waals surface area contributed by atoms with Gasteiger partial charge in [0.1, 0.15) is 17.5 Å². The molecule has 2 aliphatic heterocycles. The first-order valence-electron chi connectivity index (χ1n) is 13.0. The summed E-state index contributed by atoms with van der Waals surface area (Å²) in [5.41, 5.74) is 2.58. The van der Waals surface area contributed by atoms with Crippen LogP contribution in [0.4, 0.5) is 0 Å². The Kier molecular flexibility index (Phi) is 8.25. The van der Waals surface area contributed by atoms with Crippen molar-refractivity contribution in [2.75, 3.05) is 20.8 Å². The molecule has 1 saturated heterocycles. The van der Waals surface area contributed by atoms with Crippen LogP contribution in [0.1, 0.15) is 61.0 Å². The van der Waals surface area contributed by atoms with E-state index in [1.165, 1.54) is 0 Å². The Balaban J connectivity index is 1.44. The number of nitrogens with zero attached hydrogens (tertiary/aromatic N) is 1. The van der Waals surface area contributed by atoms with E-state index in [0.717, 1.165) is 11.1 Å². The SMILES string of the molecule is COc1ccc(CCNC(=O)[C@H](CC(C)C)NC(=O)[C@H]2N3C(=O)c4ccccc4[C@H]3SC2(C)C)cc1OC. The molecule has 2 N–H and O–H groups in total. The second-order valence-corrected chi connectivity index (χ2v) is 12.4. The standard InChI is InChI=1S/C29H37N3O5S/c1-17(2)15-21(25(33)30-14-13-18-11-12-22(36-5)23(16-18)37-6)31-26(34)24-29(3,4)38-28-20-10-8-7-9-19(20)27(35)32(24)28/h7-12,16-17,21,24,28H,13-15H2,1-6H3,(H,30,33)(H,31,34)/t21-,24+,28+/m0/s1. The van der Waals surface area contributed by atoms with Gasteiger partial charge in [0.25, 0.3) is 5.91 Å². The molecule has 2 aromatic carbocycles. The molecule has 0 radical (unpaired) electrons. The van der Waals surface area contributed by atoms with Gasteiger partial charge in [0.05, 0.1) is 14.2 Å². The average molecular weight is 540 g/mol. The van der Waals surface area contributed by atoms with Gasteiger partial charge in [-0.1, -0.05) is 38.1 Å². The van der Waals surface area contributed by atoms with E-state index in [1.54, 1.807) is 30.9 Å². The van der Waals surface area contributed by atoms with E-state index >= 15 is 0 Å². The number of rotatable bonds is 10. The minimum Gasteiger partial charge on any atom is -0.493 e. The molecule has 3 atom stereocenters. The molecule has 2 heterocycles. The van der Waals surface area contributed by atoms with Gasteiger partial charge in [-0.2, -0.15) is 0 Å². The van der Waals surface area contributed by atoms with Crippen LogP contribution < -0.4 is 20.1 Å². The zero-order valence-electron chi connectivity index (χ0n) is 22.9. The van der Waals surface area contributed by atoms with Crippen LogP contribution in [-0.4, -0.2) is 60.2 Å². The Hall–Kier alpha value is -3.20. The number of carbonyl (C=O) groups excluding carboxylic acids is 3. The van der Waals surface area contributed by atoms with E-state index in [1.807, 2.05) is 70.2 Å². The quantitative estimate of drug-likeness (QED) is 0.475. The number of ether oxygens (including phenoxy) is 2. The number of carbonyl (C=O) groups is 3. The minimum atomic E-state index is -0.701. The Morgan fingerprint density at radius 2 is 1.79 bits per heavy atom.